The molecule has 1 rings (SSSR count). The van der Waals surface area contributed by atoms with E-state index in [4.69, 9.17) is 5.26 Å². The predicted molar refractivity (Wildman–Crippen MR) is 64.3 cm³/mol. The summed E-state index contributed by atoms with van der Waals surface area (Å²) < 4.78 is 37.4. The highest BCUT2D eigenvalue weighted by atomic mass is 19.4. The van der Waals surface area contributed by atoms with E-state index in [-0.39, 0.29) is 23.6 Å². The first kappa shape index (κ1) is 15.0. The van der Waals surface area contributed by atoms with Gasteiger partial charge in [0.15, 0.2) is 0 Å². The Balaban J connectivity index is 2.92. The largest absolute Gasteiger partial charge is 0.416 e. The van der Waals surface area contributed by atoms with Gasteiger partial charge in [-0.3, -0.25) is 4.79 Å². The minimum Gasteiger partial charge on any atom is -0.325 e. The molecule has 19 heavy (non-hydrogen) atoms. The van der Waals surface area contributed by atoms with Crippen LogP contribution in [0.2, 0.25) is 0 Å². The Labute approximate surface area is 109 Å². The van der Waals surface area contributed by atoms with E-state index in [0.717, 1.165) is 24.6 Å². The number of benzene rings is 1. The molecule has 0 heterocycles. The number of nitrogens with zero attached hydrogens (tertiary/aromatic N) is 1. The van der Waals surface area contributed by atoms with Gasteiger partial charge in [0.25, 0.3) is 0 Å². The maximum atomic E-state index is 12.5. The summed E-state index contributed by atoms with van der Waals surface area (Å²) in [5.41, 5.74) is -0.994. The average Bonchev–Trinajstić information content (AvgIpc) is 2.35. The number of hydrogen-bond donors (Lipinski definition) is 1. The van der Waals surface area contributed by atoms with E-state index < -0.39 is 11.7 Å². The molecule has 0 saturated heterocycles. The van der Waals surface area contributed by atoms with Crippen LogP contribution < -0.4 is 5.32 Å². The summed E-state index contributed by atoms with van der Waals surface area (Å²) in [7, 11) is 0. The first-order valence-electron chi connectivity index (χ1n) is 5.79. The summed E-state index contributed by atoms with van der Waals surface area (Å²) in [6.45, 7) is 1.92. The van der Waals surface area contributed by atoms with E-state index in [9.17, 15) is 18.0 Å². The van der Waals surface area contributed by atoms with Crippen molar-refractivity contribution in [1.29, 1.82) is 5.26 Å². The van der Waals surface area contributed by atoms with E-state index in [0.29, 0.717) is 6.42 Å². The molecule has 102 valence electrons. The lowest BCUT2D eigenvalue weighted by atomic mass is 10.1. The SMILES string of the molecule is CCCCC(=O)Nc1ccc(C(F)(F)F)cc1C#N. The predicted octanol–water partition coefficient (Wildman–Crippen LogP) is 3.71. The molecule has 6 heteroatoms. The van der Waals surface area contributed by atoms with Crippen molar-refractivity contribution in [2.75, 3.05) is 5.32 Å². The lowest BCUT2D eigenvalue weighted by Crippen LogP contribution is -2.13. The van der Waals surface area contributed by atoms with Crippen LogP contribution >= 0.6 is 0 Å². The van der Waals surface area contributed by atoms with Gasteiger partial charge in [-0.2, -0.15) is 18.4 Å². The Morgan fingerprint density at radius 1 is 1.42 bits per heavy atom. The van der Waals surface area contributed by atoms with Gasteiger partial charge in [-0.05, 0) is 24.6 Å². The van der Waals surface area contributed by atoms with Crippen molar-refractivity contribution in [2.45, 2.75) is 32.4 Å². The molecule has 1 amide bonds. The fourth-order valence-electron chi connectivity index (χ4n) is 1.47. The first-order chi connectivity index (χ1) is 8.88. The third-order valence-electron chi connectivity index (χ3n) is 2.50. The number of nitriles is 1. The third-order valence-corrected chi connectivity index (χ3v) is 2.50. The molecule has 3 nitrogen and oxygen atoms in total. The molecule has 0 aliphatic heterocycles. The van der Waals surface area contributed by atoms with Crippen LogP contribution in [0, 0.1) is 11.3 Å². The Hall–Kier alpha value is -2.03. The lowest BCUT2D eigenvalue weighted by molar-refractivity contribution is -0.137. The molecule has 0 aliphatic carbocycles. The number of nitrogens with one attached hydrogen (secondary N) is 1. The van der Waals surface area contributed by atoms with Crippen molar-refractivity contribution in [3.05, 3.63) is 29.3 Å². The number of carbonyl (C=O) groups is 1. The highest BCUT2D eigenvalue weighted by Crippen LogP contribution is 2.31. The molecule has 1 aromatic rings. The number of amides is 1. The zero-order valence-electron chi connectivity index (χ0n) is 10.3. The number of rotatable bonds is 4. The highest BCUT2D eigenvalue weighted by molar-refractivity contribution is 5.92. The quantitative estimate of drug-likeness (QED) is 0.906. The van der Waals surface area contributed by atoms with Gasteiger partial charge in [0, 0.05) is 6.42 Å². The molecule has 1 N–H and O–H groups in total. The van der Waals surface area contributed by atoms with Gasteiger partial charge < -0.3 is 5.32 Å². The van der Waals surface area contributed by atoms with Crippen LogP contribution in [0.3, 0.4) is 0 Å². The van der Waals surface area contributed by atoms with Crippen molar-refractivity contribution in [3.8, 4) is 6.07 Å². The van der Waals surface area contributed by atoms with Crippen LogP contribution in [0.4, 0.5) is 18.9 Å². The van der Waals surface area contributed by atoms with Crippen LogP contribution in [0.25, 0.3) is 0 Å². The number of anilines is 1. The lowest BCUT2D eigenvalue weighted by Gasteiger charge is -2.10. The number of carbonyl (C=O) groups excluding carboxylic acids is 1. The van der Waals surface area contributed by atoms with Crippen molar-refractivity contribution in [3.63, 3.8) is 0 Å². The molecule has 0 aromatic heterocycles. The van der Waals surface area contributed by atoms with Crippen molar-refractivity contribution < 1.29 is 18.0 Å². The van der Waals surface area contributed by atoms with Crippen LogP contribution in [0.1, 0.15) is 37.3 Å². The highest BCUT2D eigenvalue weighted by Gasteiger charge is 2.31. The normalized spacial score (nSPS) is 10.9. The van der Waals surface area contributed by atoms with Gasteiger partial charge >= 0.3 is 6.18 Å². The maximum absolute atomic E-state index is 12.5. The average molecular weight is 270 g/mol. The summed E-state index contributed by atoms with van der Waals surface area (Å²) in [4.78, 5) is 11.5. The second-order valence-corrected chi connectivity index (χ2v) is 4.02. The molecule has 1 aromatic carbocycles. The molecule has 0 bridgehead atoms. The Morgan fingerprint density at radius 2 is 2.11 bits per heavy atom. The van der Waals surface area contributed by atoms with Crippen molar-refractivity contribution in [2.24, 2.45) is 0 Å². The molecule has 0 spiro atoms. The monoisotopic (exact) mass is 270 g/mol. The van der Waals surface area contributed by atoms with E-state index in [1.807, 2.05) is 6.92 Å². The second kappa shape index (κ2) is 6.23. The first-order valence-corrected chi connectivity index (χ1v) is 5.79. The Kier molecular flexibility index (Phi) is 4.93. The summed E-state index contributed by atoms with van der Waals surface area (Å²) in [6, 6.07) is 4.33. The molecular weight excluding hydrogens is 257 g/mol. The van der Waals surface area contributed by atoms with Crippen LogP contribution in [0.5, 0.6) is 0 Å². The second-order valence-electron chi connectivity index (χ2n) is 4.02. The minimum atomic E-state index is -4.50. The van der Waals surface area contributed by atoms with Gasteiger partial charge in [-0.25, -0.2) is 0 Å². The molecule has 0 saturated carbocycles. The summed E-state index contributed by atoms with van der Waals surface area (Å²) in [5.74, 6) is -0.307. The zero-order valence-corrected chi connectivity index (χ0v) is 10.3. The molecule has 0 unspecified atom stereocenters. The number of halogens is 3. The summed E-state index contributed by atoms with van der Waals surface area (Å²) in [5, 5.41) is 11.3. The van der Waals surface area contributed by atoms with E-state index in [2.05, 4.69) is 5.32 Å². The van der Waals surface area contributed by atoms with Gasteiger partial charge in [0.2, 0.25) is 5.91 Å². The van der Waals surface area contributed by atoms with Gasteiger partial charge in [-0.1, -0.05) is 13.3 Å². The molecule has 0 fully saturated rings. The summed E-state index contributed by atoms with van der Waals surface area (Å²) >= 11 is 0. The fraction of sp³-hybridized carbons (Fsp3) is 0.385. The molecule has 0 radical (unpaired) electrons. The van der Waals surface area contributed by atoms with Gasteiger partial charge in [0.05, 0.1) is 16.8 Å². The number of alkyl halides is 3. The Bertz CT molecular complexity index is 504. The van der Waals surface area contributed by atoms with Crippen LogP contribution in [0.15, 0.2) is 18.2 Å². The maximum Gasteiger partial charge on any atom is 0.416 e. The topological polar surface area (TPSA) is 52.9 Å². The fourth-order valence-corrected chi connectivity index (χ4v) is 1.47. The molecular formula is C13H13F3N2O. The summed E-state index contributed by atoms with van der Waals surface area (Å²) in [6.07, 6.45) is -2.70. The van der Waals surface area contributed by atoms with E-state index in [1.54, 1.807) is 6.07 Å². The number of unbranched alkanes of at least 4 members (excludes halogenated alkanes) is 1. The molecule has 0 atom stereocenters. The smallest absolute Gasteiger partial charge is 0.325 e. The minimum absolute atomic E-state index is 0.108. The third kappa shape index (κ3) is 4.28. The van der Waals surface area contributed by atoms with Crippen molar-refractivity contribution in [1.82, 2.24) is 0 Å². The zero-order chi connectivity index (χ0) is 14.5. The van der Waals surface area contributed by atoms with Gasteiger partial charge in [0.1, 0.15) is 6.07 Å². The standard InChI is InChI=1S/C13H13F3N2O/c1-2-3-4-12(19)18-11-6-5-10(13(14,15)16)7-9(11)8-17/h5-7H,2-4H2,1H3,(H,18,19). The number of hydrogen-bond acceptors (Lipinski definition) is 2. The van der Waals surface area contributed by atoms with Crippen molar-refractivity contribution >= 4 is 11.6 Å². The Morgan fingerprint density at radius 3 is 2.63 bits per heavy atom. The van der Waals surface area contributed by atoms with E-state index in [1.165, 1.54) is 0 Å². The van der Waals surface area contributed by atoms with Gasteiger partial charge in [-0.15, -0.1) is 0 Å². The molecule has 0 aliphatic rings. The van der Waals surface area contributed by atoms with Crippen LogP contribution in [-0.4, -0.2) is 5.91 Å². The van der Waals surface area contributed by atoms with E-state index >= 15 is 0 Å². The van der Waals surface area contributed by atoms with Crippen LogP contribution in [-0.2, 0) is 11.0 Å².